The van der Waals surface area contributed by atoms with Gasteiger partial charge in [-0.1, -0.05) is 12.1 Å². The van der Waals surface area contributed by atoms with Gasteiger partial charge in [-0.3, -0.25) is 0 Å². The van der Waals surface area contributed by atoms with E-state index in [0.29, 0.717) is 32.1 Å². The van der Waals surface area contributed by atoms with Gasteiger partial charge in [0, 0.05) is 45.5 Å². The molecule has 9 heteroatoms. The van der Waals surface area contributed by atoms with E-state index >= 15 is 0 Å². The number of methoxy groups -OCH3 is 1. The van der Waals surface area contributed by atoms with Crippen molar-refractivity contribution in [3.05, 3.63) is 42.1 Å². The van der Waals surface area contributed by atoms with Crippen molar-refractivity contribution in [2.45, 2.75) is 45.9 Å². The summed E-state index contributed by atoms with van der Waals surface area (Å²) in [5.41, 5.74) is 2.46. The molecule has 3 heterocycles. The maximum absolute atomic E-state index is 12.6. The van der Waals surface area contributed by atoms with E-state index in [0.717, 1.165) is 28.2 Å². The number of nitrogens with one attached hydrogen (secondary N) is 1. The van der Waals surface area contributed by atoms with Gasteiger partial charge in [0.15, 0.2) is 5.82 Å². The zero-order valence-electron chi connectivity index (χ0n) is 20.8. The molecule has 1 N–H and O–H groups in total. The monoisotopic (exact) mass is 466 g/mol. The van der Waals surface area contributed by atoms with Crippen LogP contribution in [0.5, 0.6) is 5.75 Å². The molecule has 1 atom stereocenters. The number of hydrogen-bond acceptors (Lipinski definition) is 7. The molecule has 1 aromatic carbocycles. The van der Waals surface area contributed by atoms with Crippen molar-refractivity contribution < 1.29 is 14.3 Å². The number of carbonyl (C=O) groups excluding carboxylic acids is 1. The van der Waals surface area contributed by atoms with Gasteiger partial charge in [-0.15, -0.1) is 0 Å². The number of rotatable bonds is 5. The second-order valence-corrected chi connectivity index (χ2v) is 9.70. The van der Waals surface area contributed by atoms with Crippen LogP contribution in [0.1, 0.15) is 33.3 Å². The molecule has 1 aliphatic rings. The Morgan fingerprint density at radius 1 is 1.15 bits per heavy atom. The Bertz CT molecular complexity index is 1150. The number of benzene rings is 1. The number of hydrogen-bond donors (Lipinski definition) is 1. The van der Waals surface area contributed by atoms with Crippen LogP contribution >= 0.6 is 0 Å². The van der Waals surface area contributed by atoms with E-state index in [1.165, 1.54) is 0 Å². The molecule has 0 unspecified atom stereocenters. The largest absolute Gasteiger partial charge is 0.497 e. The molecule has 1 fully saturated rings. The third-order valence-corrected chi connectivity index (χ3v) is 5.86. The molecule has 4 rings (SSSR count). The Morgan fingerprint density at radius 3 is 2.53 bits per heavy atom. The molecule has 1 aliphatic heterocycles. The van der Waals surface area contributed by atoms with Crippen LogP contribution in [0.15, 0.2) is 36.5 Å². The molecular weight excluding hydrogens is 432 g/mol. The second kappa shape index (κ2) is 9.40. The molecule has 0 saturated carbocycles. The summed E-state index contributed by atoms with van der Waals surface area (Å²) in [6.07, 6.45) is 1.73. The van der Waals surface area contributed by atoms with Crippen LogP contribution in [0.4, 0.5) is 16.6 Å². The van der Waals surface area contributed by atoms with E-state index in [4.69, 9.17) is 19.4 Å². The minimum absolute atomic E-state index is 0.0729. The van der Waals surface area contributed by atoms with E-state index in [-0.39, 0.29) is 12.1 Å². The predicted octanol–water partition coefficient (Wildman–Crippen LogP) is 4.03. The van der Waals surface area contributed by atoms with Crippen molar-refractivity contribution in [2.75, 3.05) is 37.0 Å². The van der Waals surface area contributed by atoms with Crippen LogP contribution in [0.2, 0.25) is 0 Å². The lowest BCUT2D eigenvalue weighted by Crippen LogP contribution is -2.55. The number of ether oxygens (including phenoxy) is 2. The fourth-order valence-corrected chi connectivity index (χ4v) is 4.14. The topological polar surface area (TPSA) is 84.8 Å². The summed E-state index contributed by atoms with van der Waals surface area (Å²) in [6.45, 7) is 10.2. The van der Waals surface area contributed by atoms with Crippen molar-refractivity contribution in [3.63, 3.8) is 0 Å². The SMILES string of the molecule is COc1ccc(CNc2nc(N3CCN(C(=O)OC(C)(C)C)C[C@@H]3C)c3c(ccn3C)n2)cc1. The summed E-state index contributed by atoms with van der Waals surface area (Å²) in [5.74, 6) is 2.27. The van der Waals surface area contributed by atoms with Crippen LogP contribution in [0.3, 0.4) is 0 Å². The van der Waals surface area contributed by atoms with Crippen LogP contribution in [-0.4, -0.2) is 63.9 Å². The highest BCUT2D eigenvalue weighted by Gasteiger charge is 2.32. The number of amides is 1. The maximum Gasteiger partial charge on any atom is 0.410 e. The van der Waals surface area contributed by atoms with Gasteiger partial charge >= 0.3 is 6.09 Å². The molecule has 2 aromatic heterocycles. The lowest BCUT2D eigenvalue weighted by molar-refractivity contribution is 0.0218. The fourth-order valence-electron chi connectivity index (χ4n) is 4.14. The Labute approximate surface area is 200 Å². The van der Waals surface area contributed by atoms with E-state index in [9.17, 15) is 4.79 Å². The highest BCUT2D eigenvalue weighted by atomic mass is 16.6. The van der Waals surface area contributed by atoms with Gasteiger partial charge in [0.2, 0.25) is 5.95 Å². The second-order valence-electron chi connectivity index (χ2n) is 9.70. The van der Waals surface area contributed by atoms with Gasteiger partial charge < -0.3 is 29.2 Å². The summed E-state index contributed by atoms with van der Waals surface area (Å²) >= 11 is 0. The van der Waals surface area contributed by atoms with Gasteiger partial charge in [-0.05, 0) is 51.5 Å². The van der Waals surface area contributed by atoms with Gasteiger partial charge in [0.05, 0.1) is 12.6 Å². The quantitative estimate of drug-likeness (QED) is 0.608. The molecule has 1 saturated heterocycles. The lowest BCUT2D eigenvalue weighted by Gasteiger charge is -2.41. The Hall–Kier alpha value is -3.49. The molecule has 1 amide bonds. The van der Waals surface area contributed by atoms with Gasteiger partial charge in [-0.2, -0.15) is 4.98 Å². The number of nitrogens with zero attached hydrogens (tertiary/aromatic N) is 5. The Kier molecular flexibility index (Phi) is 6.54. The summed E-state index contributed by atoms with van der Waals surface area (Å²) in [5, 5.41) is 3.36. The highest BCUT2D eigenvalue weighted by molar-refractivity contribution is 5.88. The molecule has 182 valence electrons. The van der Waals surface area contributed by atoms with E-state index in [1.807, 2.05) is 68.9 Å². The summed E-state index contributed by atoms with van der Waals surface area (Å²) in [6, 6.07) is 9.99. The molecule has 34 heavy (non-hydrogen) atoms. The van der Waals surface area contributed by atoms with Crippen LogP contribution in [0, 0.1) is 0 Å². The van der Waals surface area contributed by atoms with E-state index < -0.39 is 5.60 Å². The number of piperazine rings is 1. The van der Waals surface area contributed by atoms with Crippen LogP contribution in [-0.2, 0) is 18.3 Å². The first kappa shape index (κ1) is 23.7. The normalized spacial score (nSPS) is 16.6. The summed E-state index contributed by atoms with van der Waals surface area (Å²) in [4.78, 5) is 26.2. The number of aromatic nitrogens is 3. The molecule has 3 aromatic rings. The number of carbonyl (C=O) groups is 1. The average molecular weight is 467 g/mol. The number of fused-ring (bicyclic) bond motifs is 1. The molecule has 0 bridgehead atoms. The lowest BCUT2D eigenvalue weighted by atomic mass is 10.2. The molecule has 9 nitrogen and oxygen atoms in total. The highest BCUT2D eigenvalue weighted by Crippen LogP contribution is 2.29. The number of aryl methyl sites for hydroxylation is 1. The van der Waals surface area contributed by atoms with Crippen molar-refractivity contribution in [1.29, 1.82) is 0 Å². The van der Waals surface area contributed by atoms with E-state index in [1.54, 1.807) is 12.0 Å². The summed E-state index contributed by atoms with van der Waals surface area (Å²) < 4.78 is 12.9. The first-order valence-corrected chi connectivity index (χ1v) is 11.6. The molecule has 0 radical (unpaired) electrons. The average Bonchev–Trinajstić information content (AvgIpc) is 3.17. The summed E-state index contributed by atoms with van der Waals surface area (Å²) in [7, 11) is 3.66. The maximum atomic E-state index is 12.6. The standard InChI is InChI=1S/C25H34N6O3/c1-17-16-30(24(32)34-25(2,3)4)13-14-31(17)22-21-20(11-12-29(21)5)27-23(28-22)26-15-18-7-9-19(33-6)10-8-18/h7-12,17H,13-16H2,1-6H3,(H,26,27,28)/t17-/m0/s1. The predicted molar refractivity (Wildman–Crippen MR) is 133 cm³/mol. The Morgan fingerprint density at radius 2 is 1.88 bits per heavy atom. The smallest absolute Gasteiger partial charge is 0.410 e. The van der Waals surface area contributed by atoms with Gasteiger partial charge in [0.25, 0.3) is 0 Å². The van der Waals surface area contributed by atoms with Crippen molar-refractivity contribution in [3.8, 4) is 5.75 Å². The minimum atomic E-state index is -0.510. The zero-order valence-corrected chi connectivity index (χ0v) is 20.8. The van der Waals surface area contributed by atoms with Crippen molar-refractivity contribution in [1.82, 2.24) is 19.4 Å². The zero-order chi connectivity index (χ0) is 24.5. The van der Waals surface area contributed by atoms with Crippen LogP contribution < -0.4 is 15.0 Å². The van der Waals surface area contributed by atoms with E-state index in [2.05, 4.69) is 17.1 Å². The van der Waals surface area contributed by atoms with Crippen molar-refractivity contribution in [2.24, 2.45) is 7.05 Å². The first-order chi connectivity index (χ1) is 16.1. The van der Waals surface area contributed by atoms with Crippen molar-refractivity contribution >= 4 is 28.9 Å². The molecular formula is C25H34N6O3. The fraction of sp³-hybridized carbons (Fsp3) is 0.480. The molecule has 0 aliphatic carbocycles. The van der Waals surface area contributed by atoms with Gasteiger partial charge in [-0.25, -0.2) is 9.78 Å². The third kappa shape index (κ3) is 5.18. The Balaban J connectivity index is 1.54. The minimum Gasteiger partial charge on any atom is -0.497 e. The van der Waals surface area contributed by atoms with Crippen LogP contribution in [0.25, 0.3) is 11.0 Å². The number of anilines is 2. The van der Waals surface area contributed by atoms with Gasteiger partial charge in [0.1, 0.15) is 16.9 Å². The first-order valence-electron chi connectivity index (χ1n) is 11.6. The molecule has 0 spiro atoms. The third-order valence-electron chi connectivity index (χ3n) is 5.86.